The Labute approximate surface area is 148 Å². The Kier molecular flexibility index (Phi) is 4.64. The number of imidazole rings is 1. The summed E-state index contributed by atoms with van der Waals surface area (Å²) in [4.78, 5) is 29.8. The van der Waals surface area contributed by atoms with E-state index in [0.717, 1.165) is 12.1 Å². The van der Waals surface area contributed by atoms with Crippen LogP contribution in [0.25, 0.3) is 11.0 Å². The van der Waals surface area contributed by atoms with E-state index in [1.165, 1.54) is 6.07 Å². The quantitative estimate of drug-likeness (QED) is 0.899. The minimum atomic E-state index is -4.43. The molecule has 2 heterocycles. The number of hydrogen-bond donors (Lipinski definition) is 1. The van der Waals surface area contributed by atoms with Crippen molar-refractivity contribution < 1.29 is 22.8 Å². The highest BCUT2D eigenvalue weighted by atomic mass is 19.4. The van der Waals surface area contributed by atoms with E-state index in [0.29, 0.717) is 24.4 Å². The molecule has 1 aliphatic rings. The Morgan fingerprint density at radius 3 is 2.73 bits per heavy atom. The van der Waals surface area contributed by atoms with E-state index in [4.69, 9.17) is 0 Å². The van der Waals surface area contributed by atoms with Crippen LogP contribution in [-0.4, -0.2) is 39.4 Å². The molecule has 1 aromatic carbocycles. The van der Waals surface area contributed by atoms with Gasteiger partial charge in [0.1, 0.15) is 5.82 Å². The van der Waals surface area contributed by atoms with E-state index in [2.05, 4.69) is 10.3 Å². The number of aromatic nitrogens is 2. The molecule has 1 aliphatic heterocycles. The van der Waals surface area contributed by atoms with Gasteiger partial charge in [-0.05, 0) is 25.1 Å². The normalized spacial score (nSPS) is 18.0. The fourth-order valence-corrected chi connectivity index (χ4v) is 3.15. The topological polar surface area (TPSA) is 67.2 Å². The van der Waals surface area contributed by atoms with Crippen LogP contribution in [0.3, 0.4) is 0 Å². The molecule has 2 amide bonds. The van der Waals surface area contributed by atoms with Crippen molar-refractivity contribution in [1.29, 1.82) is 0 Å². The van der Waals surface area contributed by atoms with Gasteiger partial charge in [-0.1, -0.05) is 0 Å². The molecule has 140 valence electrons. The number of likely N-dealkylation sites (tertiary alicyclic amines) is 1. The molecule has 0 radical (unpaired) electrons. The number of carbonyl (C=O) groups excluding carboxylic acids is 2. The van der Waals surface area contributed by atoms with Gasteiger partial charge >= 0.3 is 6.18 Å². The van der Waals surface area contributed by atoms with E-state index >= 15 is 0 Å². The second-order valence-electron chi connectivity index (χ2n) is 6.34. The SMILES string of the molecule is CCN1C[C@H](C(=O)NCc2nc3cc(C(F)(F)F)ccc3n2C)CC1=O. The van der Waals surface area contributed by atoms with Gasteiger partial charge in [0, 0.05) is 26.6 Å². The molecule has 1 saturated heterocycles. The number of benzene rings is 1. The molecule has 1 N–H and O–H groups in total. The molecule has 6 nitrogen and oxygen atoms in total. The largest absolute Gasteiger partial charge is 0.416 e. The van der Waals surface area contributed by atoms with Crippen LogP contribution >= 0.6 is 0 Å². The summed E-state index contributed by atoms with van der Waals surface area (Å²) in [6.45, 7) is 2.89. The van der Waals surface area contributed by atoms with Gasteiger partial charge < -0.3 is 14.8 Å². The van der Waals surface area contributed by atoms with Gasteiger partial charge in [-0.15, -0.1) is 0 Å². The second kappa shape index (κ2) is 6.62. The minimum absolute atomic E-state index is 0.0462. The third-order valence-corrected chi connectivity index (χ3v) is 4.69. The summed E-state index contributed by atoms with van der Waals surface area (Å²) in [5, 5.41) is 2.73. The van der Waals surface area contributed by atoms with Crippen molar-refractivity contribution in [3.8, 4) is 0 Å². The lowest BCUT2D eigenvalue weighted by Crippen LogP contribution is -2.33. The van der Waals surface area contributed by atoms with Crippen molar-refractivity contribution in [2.75, 3.05) is 13.1 Å². The highest BCUT2D eigenvalue weighted by molar-refractivity contribution is 5.89. The van der Waals surface area contributed by atoms with Crippen LogP contribution < -0.4 is 5.32 Å². The first-order valence-corrected chi connectivity index (χ1v) is 8.28. The third kappa shape index (κ3) is 3.38. The summed E-state index contributed by atoms with van der Waals surface area (Å²) in [5.74, 6) is -0.259. The summed E-state index contributed by atoms with van der Waals surface area (Å²) < 4.78 is 40.1. The highest BCUT2D eigenvalue weighted by Crippen LogP contribution is 2.31. The number of halogens is 3. The van der Waals surface area contributed by atoms with Crippen LogP contribution in [0.4, 0.5) is 13.2 Å². The Hall–Kier alpha value is -2.58. The van der Waals surface area contributed by atoms with Crippen molar-refractivity contribution in [1.82, 2.24) is 19.8 Å². The van der Waals surface area contributed by atoms with E-state index in [1.54, 1.807) is 16.5 Å². The Bertz CT molecular complexity index is 860. The van der Waals surface area contributed by atoms with Crippen molar-refractivity contribution in [3.05, 3.63) is 29.6 Å². The van der Waals surface area contributed by atoms with Gasteiger partial charge in [-0.25, -0.2) is 4.98 Å². The zero-order chi connectivity index (χ0) is 19.1. The lowest BCUT2D eigenvalue weighted by atomic mass is 10.1. The molecular weight excluding hydrogens is 349 g/mol. The molecule has 0 aliphatic carbocycles. The van der Waals surface area contributed by atoms with Crippen molar-refractivity contribution in [3.63, 3.8) is 0 Å². The van der Waals surface area contributed by atoms with Gasteiger partial charge in [0.2, 0.25) is 11.8 Å². The lowest BCUT2D eigenvalue weighted by molar-refractivity contribution is -0.137. The number of nitrogens with zero attached hydrogens (tertiary/aromatic N) is 3. The zero-order valence-corrected chi connectivity index (χ0v) is 14.4. The maximum absolute atomic E-state index is 12.8. The van der Waals surface area contributed by atoms with Crippen LogP contribution in [0.2, 0.25) is 0 Å². The number of amides is 2. The molecule has 2 aromatic rings. The first kappa shape index (κ1) is 18.2. The Balaban J connectivity index is 1.72. The van der Waals surface area contributed by atoms with E-state index in [1.807, 2.05) is 6.92 Å². The van der Waals surface area contributed by atoms with E-state index in [-0.39, 0.29) is 30.3 Å². The van der Waals surface area contributed by atoms with Crippen LogP contribution in [0, 0.1) is 5.92 Å². The molecule has 0 saturated carbocycles. The van der Waals surface area contributed by atoms with Gasteiger partial charge in [-0.2, -0.15) is 13.2 Å². The molecule has 1 atom stereocenters. The molecular formula is C17H19F3N4O2. The van der Waals surface area contributed by atoms with Gasteiger partial charge in [0.15, 0.2) is 0 Å². The van der Waals surface area contributed by atoms with E-state index in [9.17, 15) is 22.8 Å². The molecule has 1 aromatic heterocycles. The smallest absolute Gasteiger partial charge is 0.349 e. The van der Waals surface area contributed by atoms with E-state index < -0.39 is 17.7 Å². The molecule has 3 rings (SSSR count). The first-order chi connectivity index (χ1) is 12.2. The third-order valence-electron chi connectivity index (χ3n) is 4.69. The average molecular weight is 368 g/mol. The summed E-state index contributed by atoms with van der Waals surface area (Å²) >= 11 is 0. The summed E-state index contributed by atoms with van der Waals surface area (Å²) in [6, 6.07) is 3.37. The maximum Gasteiger partial charge on any atom is 0.416 e. The predicted molar refractivity (Wildman–Crippen MR) is 87.9 cm³/mol. The van der Waals surface area contributed by atoms with Crippen molar-refractivity contribution in [2.24, 2.45) is 13.0 Å². The average Bonchev–Trinajstić information content (AvgIpc) is 3.12. The van der Waals surface area contributed by atoms with Crippen LogP contribution in [0.5, 0.6) is 0 Å². The fourth-order valence-electron chi connectivity index (χ4n) is 3.15. The number of nitrogens with one attached hydrogen (secondary N) is 1. The van der Waals surface area contributed by atoms with Crippen LogP contribution in [0.15, 0.2) is 18.2 Å². The summed E-state index contributed by atoms with van der Waals surface area (Å²) in [7, 11) is 1.68. The molecule has 1 fully saturated rings. The Morgan fingerprint density at radius 2 is 2.12 bits per heavy atom. The molecule has 0 unspecified atom stereocenters. The monoisotopic (exact) mass is 368 g/mol. The standard InChI is InChI=1S/C17H19F3N4O2/c1-3-24-9-10(6-15(24)25)16(26)21-8-14-22-12-7-11(17(18,19)20)4-5-13(12)23(14)2/h4-5,7,10H,3,6,8-9H2,1-2H3,(H,21,26)/t10-/m1/s1. The number of hydrogen-bond acceptors (Lipinski definition) is 3. The lowest BCUT2D eigenvalue weighted by Gasteiger charge is -2.13. The van der Waals surface area contributed by atoms with Crippen molar-refractivity contribution in [2.45, 2.75) is 26.1 Å². The first-order valence-electron chi connectivity index (χ1n) is 8.28. The Morgan fingerprint density at radius 1 is 1.38 bits per heavy atom. The predicted octanol–water partition coefficient (Wildman–Crippen LogP) is 2.08. The number of alkyl halides is 3. The molecule has 26 heavy (non-hydrogen) atoms. The van der Waals surface area contributed by atoms with Crippen molar-refractivity contribution >= 4 is 22.8 Å². The van der Waals surface area contributed by atoms with Crippen LogP contribution in [-0.2, 0) is 29.4 Å². The molecule has 0 bridgehead atoms. The minimum Gasteiger partial charge on any atom is -0.349 e. The number of aryl methyl sites for hydroxylation is 1. The number of fused-ring (bicyclic) bond motifs is 1. The second-order valence-corrected chi connectivity index (χ2v) is 6.34. The maximum atomic E-state index is 12.8. The molecule has 9 heteroatoms. The summed E-state index contributed by atoms with van der Waals surface area (Å²) in [5.41, 5.74) is 0.0121. The zero-order valence-electron chi connectivity index (χ0n) is 14.4. The fraction of sp³-hybridized carbons (Fsp3) is 0.471. The highest BCUT2D eigenvalue weighted by Gasteiger charge is 2.33. The number of carbonyl (C=O) groups is 2. The van der Waals surface area contributed by atoms with Gasteiger partial charge in [-0.3, -0.25) is 9.59 Å². The van der Waals surface area contributed by atoms with Crippen LogP contribution in [0.1, 0.15) is 24.7 Å². The van der Waals surface area contributed by atoms with Gasteiger partial charge in [0.05, 0.1) is 29.1 Å². The molecule has 0 spiro atoms. The van der Waals surface area contributed by atoms with Gasteiger partial charge in [0.25, 0.3) is 0 Å². The number of rotatable bonds is 4. The summed E-state index contributed by atoms with van der Waals surface area (Å²) in [6.07, 6.45) is -4.25.